The van der Waals surface area contributed by atoms with Gasteiger partial charge >= 0.3 is 0 Å². The number of carbonyl (C=O) groups is 1. The number of fused-ring (bicyclic) bond motifs is 1. The minimum Gasteiger partial charge on any atom is -0.345 e. The fourth-order valence-electron chi connectivity index (χ4n) is 2.79. The molecule has 2 aromatic carbocycles. The van der Waals surface area contributed by atoms with Gasteiger partial charge in [-0.15, -0.1) is 0 Å². The standard InChI is InChI=1S/C17H16FNO/c18-15-10-4-3-9-14(15)17(20)19-16-11-5-7-12-6-1-2-8-13(12)16/h1-4,6,8-10,16H,5,7,11H2,(H,19,20)/t16-/m0/s1. The second-order valence-electron chi connectivity index (χ2n) is 5.10. The zero-order chi connectivity index (χ0) is 13.9. The molecule has 0 bridgehead atoms. The van der Waals surface area contributed by atoms with E-state index < -0.39 is 5.82 Å². The Labute approximate surface area is 117 Å². The molecule has 0 aliphatic heterocycles. The van der Waals surface area contributed by atoms with E-state index in [4.69, 9.17) is 0 Å². The van der Waals surface area contributed by atoms with Crippen LogP contribution in [0, 0.1) is 5.82 Å². The molecular weight excluding hydrogens is 253 g/mol. The maximum absolute atomic E-state index is 13.6. The molecule has 1 N–H and O–H groups in total. The first-order valence-electron chi connectivity index (χ1n) is 6.89. The van der Waals surface area contributed by atoms with Crippen molar-refractivity contribution in [3.05, 3.63) is 71.0 Å². The lowest BCUT2D eigenvalue weighted by Crippen LogP contribution is -2.31. The van der Waals surface area contributed by atoms with Gasteiger partial charge in [0.05, 0.1) is 11.6 Å². The predicted molar refractivity (Wildman–Crippen MR) is 76.0 cm³/mol. The van der Waals surface area contributed by atoms with Crippen molar-refractivity contribution in [2.75, 3.05) is 0 Å². The third-order valence-corrected chi connectivity index (χ3v) is 3.79. The third kappa shape index (κ3) is 2.44. The molecule has 0 fully saturated rings. The van der Waals surface area contributed by atoms with Gasteiger partial charge in [0.1, 0.15) is 5.82 Å². The van der Waals surface area contributed by atoms with Crippen LogP contribution in [0.5, 0.6) is 0 Å². The number of halogens is 1. The monoisotopic (exact) mass is 269 g/mol. The fraction of sp³-hybridized carbons (Fsp3) is 0.235. The first-order valence-corrected chi connectivity index (χ1v) is 6.89. The van der Waals surface area contributed by atoms with Crippen molar-refractivity contribution in [2.45, 2.75) is 25.3 Å². The van der Waals surface area contributed by atoms with Crippen molar-refractivity contribution in [1.82, 2.24) is 5.32 Å². The summed E-state index contributed by atoms with van der Waals surface area (Å²) >= 11 is 0. The van der Waals surface area contributed by atoms with Crippen LogP contribution in [0.15, 0.2) is 48.5 Å². The van der Waals surface area contributed by atoms with Gasteiger partial charge in [-0.25, -0.2) is 4.39 Å². The molecule has 20 heavy (non-hydrogen) atoms. The average Bonchev–Trinajstić information content (AvgIpc) is 2.48. The molecule has 1 atom stereocenters. The van der Waals surface area contributed by atoms with Crippen LogP contribution < -0.4 is 5.32 Å². The summed E-state index contributed by atoms with van der Waals surface area (Å²) in [6.07, 6.45) is 2.98. The number of benzene rings is 2. The normalized spacial score (nSPS) is 17.4. The van der Waals surface area contributed by atoms with Gasteiger partial charge in [0.2, 0.25) is 0 Å². The van der Waals surface area contributed by atoms with Crippen LogP contribution in [-0.4, -0.2) is 5.91 Å². The van der Waals surface area contributed by atoms with E-state index in [0.717, 1.165) is 24.8 Å². The number of carbonyl (C=O) groups excluding carboxylic acids is 1. The lowest BCUT2D eigenvalue weighted by Gasteiger charge is -2.26. The molecular formula is C17H16FNO. The summed E-state index contributed by atoms with van der Waals surface area (Å²) in [7, 11) is 0. The lowest BCUT2D eigenvalue weighted by molar-refractivity contribution is 0.0928. The zero-order valence-corrected chi connectivity index (χ0v) is 11.1. The highest BCUT2D eigenvalue weighted by molar-refractivity contribution is 5.94. The summed E-state index contributed by atoms with van der Waals surface area (Å²) in [6, 6.07) is 14.2. The molecule has 1 aliphatic rings. The van der Waals surface area contributed by atoms with E-state index in [1.807, 2.05) is 18.2 Å². The Morgan fingerprint density at radius 1 is 1.10 bits per heavy atom. The van der Waals surface area contributed by atoms with Crippen molar-refractivity contribution in [3.8, 4) is 0 Å². The van der Waals surface area contributed by atoms with Crippen molar-refractivity contribution < 1.29 is 9.18 Å². The van der Waals surface area contributed by atoms with Gasteiger partial charge < -0.3 is 5.32 Å². The number of hydrogen-bond acceptors (Lipinski definition) is 1. The summed E-state index contributed by atoms with van der Waals surface area (Å²) in [5.41, 5.74) is 2.54. The highest BCUT2D eigenvalue weighted by Crippen LogP contribution is 2.29. The van der Waals surface area contributed by atoms with E-state index in [1.54, 1.807) is 12.1 Å². The van der Waals surface area contributed by atoms with Crippen molar-refractivity contribution in [2.24, 2.45) is 0 Å². The van der Waals surface area contributed by atoms with E-state index in [9.17, 15) is 9.18 Å². The summed E-state index contributed by atoms with van der Waals surface area (Å²) in [6.45, 7) is 0. The third-order valence-electron chi connectivity index (χ3n) is 3.79. The predicted octanol–water partition coefficient (Wildman–Crippen LogP) is 3.63. The Balaban J connectivity index is 1.83. The molecule has 0 heterocycles. The Bertz CT molecular complexity index is 638. The minimum absolute atomic E-state index is 0.0212. The minimum atomic E-state index is -0.478. The molecule has 0 unspecified atom stereocenters. The lowest BCUT2D eigenvalue weighted by atomic mass is 9.87. The summed E-state index contributed by atoms with van der Waals surface area (Å²) < 4.78 is 13.6. The van der Waals surface area contributed by atoms with Crippen LogP contribution in [-0.2, 0) is 6.42 Å². The van der Waals surface area contributed by atoms with Gasteiger partial charge in [0, 0.05) is 0 Å². The summed E-state index contributed by atoms with van der Waals surface area (Å²) in [4.78, 5) is 12.2. The number of aryl methyl sites for hydroxylation is 1. The zero-order valence-electron chi connectivity index (χ0n) is 11.1. The molecule has 1 aliphatic carbocycles. The Kier molecular flexibility index (Phi) is 3.50. The van der Waals surface area contributed by atoms with Crippen LogP contribution in [0.4, 0.5) is 4.39 Å². The molecule has 0 radical (unpaired) electrons. The maximum atomic E-state index is 13.6. The number of nitrogens with one attached hydrogen (secondary N) is 1. The molecule has 2 aromatic rings. The van der Waals surface area contributed by atoms with Gasteiger partial charge in [-0.1, -0.05) is 36.4 Å². The van der Waals surface area contributed by atoms with Crippen LogP contribution >= 0.6 is 0 Å². The van der Waals surface area contributed by atoms with Crippen LogP contribution in [0.2, 0.25) is 0 Å². The molecule has 3 rings (SSSR count). The highest BCUT2D eigenvalue weighted by Gasteiger charge is 2.22. The molecule has 2 nitrogen and oxygen atoms in total. The number of amides is 1. The van der Waals surface area contributed by atoms with Gasteiger partial charge in [-0.05, 0) is 42.5 Å². The second kappa shape index (κ2) is 5.45. The Morgan fingerprint density at radius 2 is 1.85 bits per heavy atom. The molecule has 0 saturated heterocycles. The first kappa shape index (κ1) is 12.9. The van der Waals surface area contributed by atoms with Gasteiger partial charge in [-0.3, -0.25) is 4.79 Å². The van der Waals surface area contributed by atoms with E-state index in [2.05, 4.69) is 11.4 Å². The molecule has 0 aromatic heterocycles. The highest BCUT2D eigenvalue weighted by atomic mass is 19.1. The molecule has 0 saturated carbocycles. The van der Waals surface area contributed by atoms with Gasteiger partial charge in [0.25, 0.3) is 5.91 Å². The Morgan fingerprint density at radius 3 is 2.70 bits per heavy atom. The summed E-state index contributed by atoms with van der Waals surface area (Å²) in [5.74, 6) is -0.820. The molecule has 102 valence electrons. The molecule has 1 amide bonds. The van der Waals surface area contributed by atoms with Crippen molar-refractivity contribution in [3.63, 3.8) is 0 Å². The number of hydrogen-bond donors (Lipinski definition) is 1. The Hall–Kier alpha value is -2.16. The largest absolute Gasteiger partial charge is 0.345 e. The molecule has 0 spiro atoms. The van der Waals surface area contributed by atoms with E-state index in [-0.39, 0.29) is 17.5 Å². The van der Waals surface area contributed by atoms with Crippen molar-refractivity contribution in [1.29, 1.82) is 0 Å². The number of rotatable bonds is 2. The molecule has 3 heteroatoms. The second-order valence-corrected chi connectivity index (χ2v) is 5.10. The average molecular weight is 269 g/mol. The van der Waals surface area contributed by atoms with Gasteiger partial charge in [-0.2, -0.15) is 0 Å². The van der Waals surface area contributed by atoms with Crippen LogP contribution in [0.1, 0.15) is 40.4 Å². The topological polar surface area (TPSA) is 29.1 Å². The van der Waals surface area contributed by atoms with Crippen molar-refractivity contribution >= 4 is 5.91 Å². The quantitative estimate of drug-likeness (QED) is 0.886. The van der Waals surface area contributed by atoms with Crippen LogP contribution in [0.3, 0.4) is 0 Å². The van der Waals surface area contributed by atoms with E-state index in [1.165, 1.54) is 17.7 Å². The smallest absolute Gasteiger partial charge is 0.254 e. The summed E-state index contributed by atoms with van der Waals surface area (Å²) in [5, 5.41) is 2.95. The van der Waals surface area contributed by atoms with E-state index in [0.29, 0.717) is 0 Å². The van der Waals surface area contributed by atoms with Crippen LogP contribution in [0.25, 0.3) is 0 Å². The first-order chi connectivity index (χ1) is 9.75. The van der Waals surface area contributed by atoms with Gasteiger partial charge in [0.15, 0.2) is 0 Å². The van der Waals surface area contributed by atoms with E-state index >= 15 is 0 Å². The maximum Gasteiger partial charge on any atom is 0.254 e. The SMILES string of the molecule is O=C(N[C@H]1CCCc2ccccc21)c1ccccc1F. The fourth-order valence-corrected chi connectivity index (χ4v) is 2.79.